The van der Waals surface area contributed by atoms with Gasteiger partial charge in [-0.05, 0) is 26.0 Å². The van der Waals surface area contributed by atoms with E-state index in [0.29, 0.717) is 24.5 Å². The van der Waals surface area contributed by atoms with Gasteiger partial charge in [0.2, 0.25) is 0 Å². The molecule has 160 valence electrons. The van der Waals surface area contributed by atoms with Gasteiger partial charge in [-0.15, -0.1) is 0 Å². The molecule has 10 heteroatoms. The van der Waals surface area contributed by atoms with Crippen LogP contribution in [-0.2, 0) is 4.74 Å². The van der Waals surface area contributed by atoms with Crippen molar-refractivity contribution in [1.29, 1.82) is 0 Å². The minimum atomic E-state index is -0.738. The van der Waals surface area contributed by atoms with Crippen molar-refractivity contribution in [3.05, 3.63) is 58.9 Å². The van der Waals surface area contributed by atoms with Crippen LogP contribution < -0.4 is 10.2 Å². The van der Waals surface area contributed by atoms with Crippen LogP contribution in [0.15, 0.2) is 41.7 Å². The third kappa shape index (κ3) is 3.53. The van der Waals surface area contributed by atoms with Gasteiger partial charge in [-0.2, -0.15) is 5.10 Å². The van der Waals surface area contributed by atoms with Crippen LogP contribution in [0.1, 0.15) is 19.4 Å². The van der Waals surface area contributed by atoms with Crippen molar-refractivity contribution in [2.24, 2.45) is 4.99 Å². The fourth-order valence-corrected chi connectivity index (χ4v) is 4.11. The zero-order valence-corrected chi connectivity index (χ0v) is 17.6. The van der Waals surface area contributed by atoms with Crippen molar-refractivity contribution in [2.45, 2.75) is 26.1 Å². The van der Waals surface area contributed by atoms with E-state index in [4.69, 9.17) is 16.3 Å². The van der Waals surface area contributed by atoms with Gasteiger partial charge in [-0.1, -0.05) is 17.7 Å². The molecule has 0 bridgehead atoms. The molecule has 2 aromatic heterocycles. The van der Waals surface area contributed by atoms with E-state index in [0.717, 1.165) is 5.82 Å². The summed E-state index contributed by atoms with van der Waals surface area (Å²) in [6, 6.07) is 5.51. The zero-order valence-electron chi connectivity index (χ0n) is 16.8. The van der Waals surface area contributed by atoms with Crippen molar-refractivity contribution < 1.29 is 13.5 Å². The Labute approximate surface area is 182 Å². The first-order valence-electron chi connectivity index (χ1n) is 9.85. The number of hydrogen-bond acceptors (Lipinski definition) is 6. The van der Waals surface area contributed by atoms with Gasteiger partial charge in [0.15, 0.2) is 5.82 Å². The second-order valence-corrected chi connectivity index (χ2v) is 8.04. The Morgan fingerprint density at radius 3 is 2.55 bits per heavy atom. The van der Waals surface area contributed by atoms with Gasteiger partial charge in [0.05, 0.1) is 41.5 Å². The monoisotopic (exact) mass is 444 g/mol. The van der Waals surface area contributed by atoms with E-state index >= 15 is 0 Å². The molecule has 31 heavy (non-hydrogen) atoms. The summed E-state index contributed by atoms with van der Waals surface area (Å²) in [7, 11) is 0. The highest BCUT2D eigenvalue weighted by atomic mass is 35.5. The summed E-state index contributed by atoms with van der Waals surface area (Å²) in [5, 5.41) is 7.60. The molecule has 4 heterocycles. The average Bonchev–Trinajstić information content (AvgIpc) is 2.99. The van der Waals surface area contributed by atoms with Crippen molar-refractivity contribution in [3.63, 3.8) is 0 Å². The molecule has 5 rings (SSSR count). The fraction of sp³-hybridized carbons (Fsp3) is 0.286. The molecule has 0 aliphatic carbocycles. The first kappa shape index (κ1) is 19.9. The molecule has 1 fully saturated rings. The van der Waals surface area contributed by atoms with Crippen LogP contribution in [-0.4, -0.2) is 45.9 Å². The Kier molecular flexibility index (Phi) is 4.86. The van der Waals surface area contributed by atoms with E-state index < -0.39 is 11.6 Å². The number of hydrogen-bond donors (Lipinski definition) is 1. The molecular formula is C21H19ClF2N6O. The number of amidine groups is 1. The molecule has 1 aromatic carbocycles. The molecule has 2 aliphatic heterocycles. The minimum absolute atomic E-state index is 0.0128. The number of aromatic nitrogens is 3. The number of benzene rings is 1. The molecule has 0 unspecified atom stereocenters. The summed E-state index contributed by atoms with van der Waals surface area (Å²) in [5.41, 5.74) is 0.839. The third-order valence-electron chi connectivity index (χ3n) is 5.21. The molecule has 2 aliphatic rings. The Balaban J connectivity index is 1.63. The highest BCUT2D eigenvalue weighted by Crippen LogP contribution is 2.36. The van der Waals surface area contributed by atoms with Crippen molar-refractivity contribution >= 4 is 34.8 Å². The van der Waals surface area contributed by atoms with E-state index in [1.54, 1.807) is 6.20 Å². The van der Waals surface area contributed by atoms with Crippen LogP contribution in [0.5, 0.6) is 0 Å². The minimum Gasteiger partial charge on any atom is -0.372 e. The van der Waals surface area contributed by atoms with Crippen LogP contribution in [0.4, 0.5) is 26.1 Å². The number of nitrogens with one attached hydrogen (secondary N) is 1. The predicted molar refractivity (Wildman–Crippen MR) is 115 cm³/mol. The van der Waals surface area contributed by atoms with E-state index in [9.17, 15) is 8.78 Å². The molecule has 1 saturated heterocycles. The van der Waals surface area contributed by atoms with Crippen molar-refractivity contribution in [1.82, 2.24) is 14.8 Å². The van der Waals surface area contributed by atoms with Gasteiger partial charge in [-0.25, -0.2) is 23.4 Å². The Morgan fingerprint density at radius 1 is 1.13 bits per heavy atom. The van der Waals surface area contributed by atoms with Gasteiger partial charge in [0, 0.05) is 19.2 Å². The number of anilines is 2. The number of nitrogens with zero attached hydrogens (tertiary/aromatic N) is 5. The topological polar surface area (TPSA) is 67.6 Å². The number of halogens is 3. The number of pyridine rings is 1. The average molecular weight is 445 g/mol. The lowest BCUT2D eigenvalue weighted by atomic mass is 10.1. The summed E-state index contributed by atoms with van der Waals surface area (Å²) in [6.45, 7) is 5.42. The predicted octanol–water partition coefficient (Wildman–Crippen LogP) is 4.32. The second kappa shape index (κ2) is 7.58. The maximum Gasteiger partial charge on any atom is 0.176 e. The van der Waals surface area contributed by atoms with Crippen LogP contribution in [0.25, 0.3) is 5.69 Å². The standard InChI is InChI=1S/C21H19ClF2N6O/c1-11-9-29(10-12(2)31-11)18-6-17-16(8-25-18)27-20(19-14(23)4-3-5-15(19)24)28-21-13(22)7-26-30(17)21/h3-8,11-12H,9-10H2,1-2H3,(H,27,28)/t11-,12-/m0/s1. The normalized spacial score (nSPS) is 20.4. The lowest BCUT2D eigenvalue weighted by Crippen LogP contribution is -2.45. The highest BCUT2D eigenvalue weighted by molar-refractivity contribution is 6.33. The Hall–Kier alpha value is -3.04. The lowest BCUT2D eigenvalue weighted by molar-refractivity contribution is -0.00545. The highest BCUT2D eigenvalue weighted by Gasteiger charge is 2.27. The molecule has 1 N–H and O–H groups in total. The SMILES string of the molecule is C[C@H]1CN(c2cc3c(cn2)NC(c2c(F)cccc2F)=Nc2c(Cl)cnn2-3)C[C@H](C)O1. The maximum atomic E-state index is 14.5. The molecule has 0 spiro atoms. The molecule has 0 saturated carbocycles. The maximum absolute atomic E-state index is 14.5. The number of ether oxygens (including phenoxy) is 1. The third-order valence-corrected chi connectivity index (χ3v) is 5.48. The smallest absolute Gasteiger partial charge is 0.176 e. The van der Waals surface area contributed by atoms with E-state index in [2.05, 4.69) is 25.3 Å². The van der Waals surface area contributed by atoms with Gasteiger partial charge in [-0.3, -0.25) is 0 Å². The van der Waals surface area contributed by atoms with Crippen molar-refractivity contribution in [2.75, 3.05) is 23.3 Å². The zero-order chi connectivity index (χ0) is 21.7. The molecule has 7 nitrogen and oxygen atoms in total. The summed E-state index contributed by atoms with van der Waals surface area (Å²) in [4.78, 5) is 11.1. The Bertz CT molecular complexity index is 1170. The Morgan fingerprint density at radius 2 is 1.84 bits per heavy atom. The lowest BCUT2D eigenvalue weighted by Gasteiger charge is -2.36. The van der Waals surface area contributed by atoms with Crippen LogP contribution >= 0.6 is 11.6 Å². The van der Waals surface area contributed by atoms with Crippen LogP contribution in [0.2, 0.25) is 5.02 Å². The number of rotatable bonds is 2. The number of aliphatic imine (C=N–C) groups is 1. The van der Waals surface area contributed by atoms with E-state index in [-0.39, 0.29) is 34.4 Å². The number of fused-ring (bicyclic) bond motifs is 3. The van der Waals surface area contributed by atoms with Gasteiger partial charge < -0.3 is 15.0 Å². The molecule has 3 aromatic rings. The van der Waals surface area contributed by atoms with Gasteiger partial charge in [0.25, 0.3) is 0 Å². The molecule has 2 atom stereocenters. The quantitative estimate of drug-likeness (QED) is 0.637. The summed E-state index contributed by atoms with van der Waals surface area (Å²) in [6.07, 6.45) is 3.19. The molecule has 0 amide bonds. The van der Waals surface area contributed by atoms with Crippen LogP contribution in [0.3, 0.4) is 0 Å². The second-order valence-electron chi connectivity index (χ2n) is 7.63. The van der Waals surface area contributed by atoms with Gasteiger partial charge >= 0.3 is 0 Å². The van der Waals surface area contributed by atoms with E-state index in [1.165, 1.54) is 29.1 Å². The fourth-order valence-electron chi connectivity index (χ4n) is 3.95. The van der Waals surface area contributed by atoms with Crippen LogP contribution in [0, 0.1) is 11.6 Å². The van der Waals surface area contributed by atoms with Gasteiger partial charge in [0.1, 0.15) is 28.3 Å². The van der Waals surface area contributed by atoms with Crippen molar-refractivity contribution in [3.8, 4) is 5.69 Å². The molecule has 0 radical (unpaired) electrons. The summed E-state index contributed by atoms with van der Waals surface area (Å²) < 4.78 is 36.3. The van der Waals surface area contributed by atoms with E-state index in [1.807, 2.05) is 19.9 Å². The first-order valence-corrected chi connectivity index (χ1v) is 10.2. The largest absolute Gasteiger partial charge is 0.372 e. The molecular weight excluding hydrogens is 426 g/mol. The number of morpholine rings is 1. The summed E-state index contributed by atoms with van der Waals surface area (Å²) in [5.74, 6) is -0.483. The first-order chi connectivity index (χ1) is 14.9. The summed E-state index contributed by atoms with van der Waals surface area (Å²) >= 11 is 6.31.